The van der Waals surface area contributed by atoms with E-state index in [1.165, 1.54) is 0 Å². The van der Waals surface area contributed by atoms with Crippen molar-refractivity contribution in [3.8, 4) is 11.4 Å². The first-order chi connectivity index (χ1) is 10.8. The molecule has 0 saturated carbocycles. The number of pyridine rings is 1. The average molecular weight is 314 g/mol. The summed E-state index contributed by atoms with van der Waals surface area (Å²) in [7, 11) is 0. The van der Waals surface area contributed by atoms with Crippen LogP contribution in [0.3, 0.4) is 0 Å². The van der Waals surface area contributed by atoms with Gasteiger partial charge in [0, 0.05) is 23.4 Å². The zero-order valence-electron chi connectivity index (χ0n) is 12.1. The molecule has 0 spiro atoms. The van der Waals surface area contributed by atoms with Gasteiger partial charge in [-0.2, -0.15) is 0 Å². The summed E-state index contributed by atoms with van der Waals surface area (Å²) in [6.07, 6.45) is 4.24. The van der Waals surface area contributed by atoms with E-state index in [0.717, 1.165) is 48.5 Å². The molecular formula is C17H16ClN3O. The number of ether oxygens (including phenoxy) is 1. The van der Waals surface area contributed by atoms with Gasteiger partial charge in [0.15, 0.2) is 5.65 Å². The normalized spacial score (nSPS) is 18.1. The van der Waals surface area contributed by atoms with Crippen LogP contribution in [0.2, 0.25) is 5.02 Å². The van der Waals surface area contributed by atoms with Gasteiger partial charge in [0.2, 0.25) is 0 Å². The van der Waals surface area contributed by atoms with Gasteiger partial charge in [-0.15, -0.1) is 0 Å². The van der Waals surface area contributed by atoms with Crippen molar-refractivity contribution in [3.63, 3.8) is 0 Å². The molecule has 1 aromatic carbocycles. The van der Waals surface area contributed by atoms with Gasteiger partial charge in [-0.25, -0.2) is 9.97 Å². The molecule has 1 unspecified atom stereocenters. The highest BCUT2D eigenvalue weighted by atomic mass is 35.5. The molecule has 1 aliphatic heterocycles. The Morgan fingerprint density at radius 2 is 2.23 bits per heavy atom. The maximum Gasteiger partial charge on any atom is 0.160 e. The SMILES string of the molecule is Clc1cccc(-c2nc3cccnc3n2CC2CCCO2)c1. The van der Waals surface area contributed by atoms with Crippen LogP contribution in [-0.2, 0) is 11.3 Å². The van der Waals surface area contributed by atoms with Crippen LogP contribution in [0.1, 0.15) is 12.8 Å². The van der Waals surface area contributed by atoms with Gasteiger partial charge in [0.05, 0.1) is 12.6 Å². The maximum absolute atomic E-state index is 6.14. The Labute approximate surface area is 133 Å². The number of halogens is 1. The van der Waals surface area contributed by atoms with Crippen LogP contribution in [0, 0.1) is 0 Å². The number of imidazole rings is 1. The first-order valence-electron chi connectivity index (χ1n) is 7.50. The molecule has 3 heterocycles. The van der Waals surface area contributed by atoms with E-state index in [-0.39, 0.29) is 6.10 Å². The van der Waals surface area contributed by atoms with Crippen LogP contribution < -0.4 is 0 Å². The highest BCUT2D eigenvalue weighted by Gasteiger charge is 2.21. The molecule has 3 aromatic rings. The number of rotatable bonds is 3. The number of hydrogen-bond acceptors (Lipinski definition) is 3. The first-order valence-corrected chi connectivity index (χ1v) is 7.88. The number of benzene rings is 1. The number of aromatic nitrogens is 3. The van der Waals surface area contributed by atoms with Gasteiger partial charge in [-0.3, -0.25) is 0 Å². The Kier molecular flexibility index (Phi) is 3.56. The van der Waals surface area contributed by atoms with Crippen LogP contribution in [0.15, 0.2) is 42.6 Å². The van der Waals surface area contributed by atoms with E-state index in [1.807, 2.05) is 36.4 Å². The van der Waals surface area contributed by atoms with Gasteiger partial charge < -0.3 is 9.30 Å². The molecule has 0 aliphatic carbocycles. The van der Waals surface area contributed by atoms with Crippen LogP contribution in [0.5, 0.6) is 0 Å². The predicted octanol–water partition coefficient (Wildman–Crippen LogP) is 3.93. The van der Waals surface area contributed by atoms with Crippen molar-refractivity contribution in [2.75, 3.05) is 6.61 Å². The molecule has 1 atom stereocenters. The van der Waals surface area contributed by atoms with E-state index < -0.39 is 0 Å². The minimum atomic E-state index is 0.234. The lowest BCUT2D eigenvalue weighted by molar-refractivity contribution is 0.0981. The fourth-order valence-electron chi connectivity index (χ4n) is 2.97. The Bertz CT molecular complexity index is 809. The van der Waals surface area contributed by atoms with Gasteiger partial charge in [-0.1, -0.05) is 23.7 Å². The van der Waals surface area contributed by atoms with Crippen molar-refractivity contribution in [1.29, 1.82) is 0 Å². The number of fused-ring (bicyclic) bond motifs is 1. The smallest absolute Gasteiger partial charge is 0.160 e. The lowest BCUT2D eigenvalue weighted by atomic mass is 10.2. The minimum Gasteiger partial charge on any atom is -0.376 e. The summed E-state index contributed by atoms with van der Waals surface area (Å²) < 4.78 is 7.94. The molecule has 2 aromatic heterocycles. The van der Waals surface area contributed by atoms with Crippen molar-refractivity contribution in [3.05, 3.63) is 47.6 Å². The van der Waals surface area contributed by atoms with Gasteiger partial charge in [0.1, 0.15) is 11.3 Å². The molecule has 0 bridgehead atoms. The fourth-order valence-corrected chi connectivity index (χ4v) is 3.16. The van der Waals surface area contributed by atoms with E-state index >= 15 is 0 Å². The monoisotopic (exact) mass is 313 g/mol. The topological polar surface area (TPSA) is 39.9 Å². The van der Waals surface area contributed by atoms with E-state index in [0.29, 0.717) is 5.02 Å². The summed E-state index contributed by atoms with van der Waals surface area (Å²) in [4.78, 5) is 9.26. The molecule has 0 amide bonds. The maximum atomic E-state index is 6.14. The Morgan fingerprint density at radius 3 is 3.05 bits per heavy atom. The number of nitrogens with zero attached hydrogens (tertiary/aromatic N) is 3. The zero-order chi connectivity index (χ0) is 14.9. The third kappa shape index (κ3) is 2.49. The van der Waals surface area contributed by atoms with Crippen LogP contribution in [0.4, 0.5) is 0 Å². The molecule has 1 saturated heterocycles. The second-order valence-electron chi connectivity index (χ2n) is 5.54. The number of hydrogen-bond donors (Lipinski definition) is 0. The molecular weight excluding hydrogens is 298 g/mol. The standard InChI is InChI=1S/C17H16ClN3O/c18-13-5-1-4-12(10-13)16-20-15-7-2-8-19-17(15)21(16)11-14-6-3-9-22-14/h1-2,4-5,7-8,10,14H,3,6,9,11H2. The van der Waals surface area contributed by atoms with E-state index in [2.05, 4.69) is 9.55 Å². The highest BCUT2D eigenvalue weighted by molar-refractivity contribution is 6.30. The second-order valence-corrected chi connectivity index (χ2v) is 5.97. The third-order valence-electron chi connectivity index (χ3n) is 4.00. The third-order valence-corrected chi connectivity index (χ3v) is 4.23. The summed E-state index contributed by atoms with van der Waals surface area (Å²) >= 11 is 6.14. The van der Waals surface area contributed by atoms with Gasteiger partial charge >= 0.3 is 0 Å². The van der Waals surface area contributed by atoms with E-state index in [4.69, 9.17) is 21.3 Å². The van der Waals surface area contributed by atoms with Gasteiger partial charge in [-0.05, 0) is 37.1 Å². The second kappa shape index (κ2) is 5.71. The first kappa shape index (κ1) is 13.7. The van der Waals surface area contributed by atoms with E-state index in [9.17, 15) is 0 Å². The highest BCUT2D eigenvalue weighted by Crippen LogP contribution is 2.27. The molecule has 0 radical (unpaired) electrons. The Morgan fingerprint density at radius 1 is 1.27 bits per heavy atom. The Balaban J connectivity index is 1.85. The summed E-state index contributed by atoms with van der Waals surface area (Å²) in [6.45, 7) is 1.62. The molecule has 112 valence electrons. The quantitative estimate of drug-likeness (QED) is 0.735. The average Bonchev–Trinajstić information content (AvgIpc) is 3.16. The lowest BCUT2D eigenvalue weighted by Gasteiger charge is -2.13. The van der Waals surface area contributed by atoms with E-state index in [1.54, 1.807) is 6.20 Å². The molecule has 22 heavy (non-hydrogen) atoms. The molecule has 0 N–H and O–H groups in total. The van der Waals surface area contributed by atoms with Crippen LogP contribution in [0.25, 0.3) is 22.6 Å². The minimum absolute atomic E-state index is 0.234. The van der Waals surface area contributed by atoms with Crippen molar-refractivity contribution >= 4 is 22.8 Å². The fraction of sp³-hybridized carbons (Fsp3) is 0.294. The molecule has 4 nitrogen and oxygen atoms in total. The summed E-state index contributed by atoms with van der Waals surface area (Å²) in [6, 6.07) is 11.7. The van der Waals surface area contributed by atoms with Crippen LogP contribution in [-0.4, -0.2) is 27.2 Å². The van der Waals surface area contributed by atoms with Crippen molar-refractivity contribution in [1.82, 2.24) is 14.5 Å². The summed E-state index contributed by atoms with van der Waals surface area (Å²) in [5, 5.41) is 0.709. The van der Waals surface area contributed by atoms with Gasteiger partial charge in [0.25, 0.3) is 0 Å². The largest absolute Gasteiger partial charge is 0.376 e. The zero-order valence-corrected chi connectivity index (χ0v) is 12.8. The Hall–Kier alpha value is -1.91. The predicted molar refractivity (Wildman–Crippen MR) is 86.9 cm³/mol. The van der Waals surface area contributed by atoms with Crippen molar-refractivity contribution < 1.29 is 4.74 Å². The lowest BCUT2D eigenvalue weighted by Crippen LogP contribution is -2.16. The summed E-state index contributed by atoms with van der Waals surface area (Å²) in [5.41, 5.74) is 2.80. The van der Waals surface area contributed by atoms with Crippen molar-refractivity contribution in [2.45, 2.75) is 25.5 Å². The summed E-state index contributed by atoms with van der Waals surface area (Å²) in [5.74, 6) is 0.895. The molecule has 1 aliphatic rings. The molecule has 4 rings (SSSR count). The molecule has 1 fully saturated rings. The molecule has 5 heteroatoms. The van der Waals surface area contributed by atoms with Crippen molar-refractivity contribution in [2.24, 2.45) is 0 Å². The van der Waals surface area contributed by atoms with Crippen LogP contribution >= 0.6 is 11.6 Å².